The third-order valence-corrected chi connectivity index (χ3v) is 1.27. The average molecular weight is 178 g/mol. The Labute approximate surface area is 69.1 Å². The Balaban J connectivity index is 4.46. The third-order valence-electron chi connectivity index (χ3n) is 0.956. The summed E-state index contributed by atoms with van der Waals surface area (Å²) in [7, 11) is 6.91. The van der Waals surface area contributed by atoms with Crippen LogP contribution in [0.15, 0.2) is 4.40 Å². The monoisotopic (exact) mass is 178 g/mol. The maximum atomic E-state index is 10.2. The lowest BCUT2D eigenvalue weighted by molar-refractivity contribution is 0.481. The summed E-state index contributed by atoms with van der Waals surface area (Å²) in [6.07, 6.45) is 0. The lowest BCUT2D eigenvalue weighted by Gasteiger charge is -2.22. The largest absolute Gasteiger partial charge is 0.754 e. The van der Waals surface area contributed by atoms with Crippen molar-refractivity contribution >= 4 is 17.2 Å². The molecule has 0 aliphatic rings. The second kappa shape index (κ2) is 4.30. The molecule has 0 N–H and O–H groups in total. The fourth-order valence-corrected chi connectivity index (χ4v) is 1.09. The zero-order valence-electron chi connectivity index (χ0n) is 7.07. The van der Waals surface area contributed by atoms with Gasteiger partial charge < -0.3 is 14.4 Å². The molecule has 0 bridgehead atoms. The molecule has 0 aromatic heterocycles. The van der Waals surface area contributed by atoms with E-state index in [1.807, 2.05) is 0 Å². The van der Waals surface area contributed by atoms with Crippen molar-refractivity contribution < 1.29 is 8.76 Å². The quantitative estimate of drug-likeness (QED) is 0.301. The fraction of sp³-hybridized carbons (Fsp3) is 0.800. The minimum Gasteiger partial charge on any atom is -0.754 e. The molecule has 0 saturated carbocycles. The van der Waals surface area contributed by atoms with Crippen LogP contribution in [0.1, 0.15) is 0 Å². The summed E-state index contributed by atoms with van der Waals surface area (Å²) in [5.74, 6) is 0.401. The summed E-state index contributed by atoms with van der Waals surface area (Å²) in [5.41, 5.74) is 0. The van der Waals surface area contributed by atoms with Gasteiger partial charge in [0.1, 0.15) is 0 Å². The van der Waals surface area contributed by atoms with E-state index < -0.39 is 11.3 Å². The van der Waals surface area contributed by atoms with Crippen LogP contribution >= 0.6 is 0 Å². The summed E-state index contributed by atoms with van der Waals surface area (Å²) in [6, 6.07) is 0. The lowest BCUT2D eigenvalue weighted by Crippen LogP contribution is -2.35. The molecule has 0 aromatic carbocycles. The van der Waals surface area contributed by atoms with E-state index in [9.17, 15) is 8.76 Å². The molecule has 0 aromatic rings. The molecular weight excluding hydrogens is 166 g/mol. The van der Waals surface area contributed by atoms with E-state index in [1.54, 1.807) is 38.0 Å². The number of rotatable bonds is 1. The van der Waals surface area contributed by atoms with Crippen molar-refractivity contribution in [2.75, 3.05) is 28.2 Å². The van der Waals surface area contributed by atoms with Gasteiger partial charge in [0.15, 0.2) is 0 Å². The van der Waals surface area contributed by atoms with E-state index in [1.165, 1.54) is 0 Å². The molecule has 6 heteroatoms. The van der Waals surface area contributed by atoms with E-state index in [0.29, 0.717) is 5.96 Å². The number of hydrogen-bond donors (Lipinski definition) is 0. The molecule has 1 unspecified atom stereocenters. The maximum Gasteiger partial charge on any atom is 0.208 e. The molecule has 5 nitrogen and oxygen atoms in total. The van der Waals surface area contributed by atoms with Crippen molar-refractivity contribution in [3.05, 3.63) is 0 Å². The van der Waals surface area contributed by atoms with Gasteiger partial charge in [0, 0.05) is 28.2 Å². The molecule has 11 heavy (non-hydrogen) atoms. The van der Waals surface area contributed by atoms with Crippen LogP contribution in [-0.4, -0.2) is 52.7 Å². The van der Waals surface area contributed by atoms with Crippen LogP contribution in [0.25, 0.3) is 0 Å². The van der Waals surface area contributed by atoms with E-state index in [-0.39, 0.29) is 0 Å². The Morgan fingerprint density at radius 2 is 1.64 bits per heavy atom. The minimum absolute atomic E-state index is 0.401. The van der Waals surface area contributed by atoms with Gasteiger partial charge in [-0.25, -0.2) is 4.21 Å². The Bertz CT molecular complexity index is 169. The SMILES string of the molecule is CN(C)C(=NS(=O)[O-])N(C)C. The van der Waals surface area contributed by atoms with Crippen molar-refractivity contribution in [2.24, 2.45) is 4.40 Å². The Morgan fingerprint density at radius 1 is 1.27 bits per heavy atom. The topological polar surface area (TPSA) is 59.0 Å². The van der Waals surface area contributed by atoms with Crippen molar-refractivity contribution in [3.8, 4) is 0 Å². The van der Waals surface area contributed by atoms with Crippen LogP contribution in [-0.2, 0) is 11.3 Å². The van der Waals surface area contributed by atoms with Gasteiger partial charge in [-0.2, -0.15) is 4.40 Å². The van der Waals surface area contributed by atoms with E-state index >= 15 is 0 Å². The normalized spacial score (nSPS) is 12.1. The Hall–Kier alpha value is -0.620. The van der Waals surface area contributed by atoms with Gasteiger partial charge in [-0.15, -0.1) is 0 Å². The van der Waals surface area contributed by atoms with Gasteiger partial charge in [-0.1, -0.05) is 0 Å². The molecule has 0 aliphatic carbocycles. The summed E-state index contributed by atoms with van der Waals surface area (Å²) < 4.78 is 23.7. The van der Waals surface area contributed by atoms with Gasteiger partial charge in [0.25, 0.3) is 0 Å². The third kappa shape index (κ3) is 3.94. The standard InChI is InChI=1S/C5H13N3O2S/c1-7(2)5(8(3)4)6-11(9)10/h1-4H3,(H,9,10)/p-1. The highest BCUT2D eigenvalue weighted by Gasteiger charge is 2.02. The van der Waals surface area contributed by atoms with E-state index in [2.05, 4.69) is 4.40 Å². The van der Waals surface area contributed by atoms with Crippen LogP contribution in [0.5, 0.6) is 0 Å². The maximum absolute atomic E-state index is 10.2. The summed E-state index contributed by atoms with van der Waals surface area (Å²) >= 11 is -2.38. The summed E-state index contributed by atoms with van der Waals surface area (Å²) in [6.45, 7) is 0. The van der Waals surface area contributed by atoms with Gasteiger partial charge in [0.05, 0.1) is 11.3 Å². The van der Waals surface area contributed by atoms with Gasteiger partial charge in [-0.05, 0) is 0 Å². The van der Waals surface area contributed by atoms with Crippen LogP contribution in [0, 0.1) is 0 Å². The molecule has 0 rings (SSSR count). The van der Waals surface area contributed by atoms with Gasteiger partial charge in [-0.3, -0.25) is 0 Å². The van der Waals surface area contributed by atoms with Crippen LogP contribution in [0.4, 0.5) is 0 Å². The van der Waals surface area contributed by atoms with Crippen molar-refractivity contribution in [2.45, 2.75) is 0 Å². The smallest absolute Gasteiger partial charge is 0.208 e. The van der Waals surface area contributed by atoms with Crippen molar-refractivity contribution in [1.29, 1.82) is 0 Å². The summed E-state index contributed by atoms with van der Waals surface area (Å²) in [5, 5.41) is 0. The van der Waals surface area contributed by atoms with Gasteiger partial charge in [0.2, 0.25) is 5.96 Å². The first-order valence-corrected chi connectivity index (χ1v) is 4.01. The van der Waals surface area contributed by atoms with Crippen LogP contribution in [0.3, 0.4) is 0 Å². The van der Waals surface area contributed by atoms with Crippen LogP contribution in [0.2, 0.25) is 0 Å². The van der Waals surface area contributed by atoms with Crippen LogP contribution < -0.4 is 0 Å². The first kappa shape index (κ1) is 10.4. The first-order valence-electron chi connectivity index (χ1n) is 2.98. The van der Waals surface area contributed by atoms with E-state index in [4.69, 9.17) is 0 Å². The molecule has 0 amide bonds. The van der Waals surface area contributed by atoms with Gasteiger partial charge >= 0.3 is 0 Å². The molecule has 0 radical (unpaired) electrons. The number of guanidine groups is 1. The van der Waals surface area contributed by atoms with Crippen molar-refractivity contribution in [3.63, 3.8) is 0 Å². The highest BCUT2D eigenvalue weighted by Crippen LogP contribution is 1.89. The molecule has 0 aliphatic heterocycles. The lowest BCUT2D eigenvalue weighted by atomic mass is 10.7. The molecule has 66 valence electrons. The summed E-state index contributed by atoms with van der Waals surface area (Å²) in [4.78, 5) is 3.24. The highest BCUT2D eigenvalue weighted by atomic mass is 32.2. The zero-order chi connectivity index (χ0) is 9.02. The first-order chi connectivity index (χ1) is 4.95. The predicted octanol–water partition coefficient (Wildman–Crippen LogP) is -0.740. The predicted molar refractivity (Wildman–Crippen MR) is 43.7 cm³/mol. The molecule has 0 saturated heterocycles. The molecular formula is C5H12N3O2S-. The zero-order valence-corrected chi connectivity index (χ0v) is 7.88. The number of nitrogens with zero attached hydrogens (tertiary/aromatic N) is 3. The molecule has 0 spiro atoms. The van der Waals surface area contributed by atoms with Crippen molar-refractivity contribution in [1.82, 2.24) is 9.80 Å². The Kier molecular flexibility index (Phi) is 4.06. The van der Waals surface area contributed by atoms with E-state index in [0.717, 1.165) is 0 Å². The second-order valence-corrected chi connectivity index (χ2v) is 3.01. The second-order valence-electron chi connectivity index (χ2n) is 2.40. The molecule has 0 fully saturated rings. The highest BCUT2D eigenvalue weighted by molar-refractivity contribution is 7.77. The molecule has 0 heterocycles. The molecule has 1 atom stereocenters. The average Bonchev–Trinajstić information content (AvgIpc) is 1.81. The fourth-order valence-electron chi connectivity index (χ4n) is 0.630. The Morgan fingerprint density at radius 3 is 1.73 bits per heavy atom. The number of hydrogen-bond acceptors (Lipinski definition) is 2. The minimum atomic E-state index is -2.38.